The smallest absolute Gasteiger partial charge is 0.255 e. The molecule has 0 aliphatic heterocycles. The van der Waals surface area contributed by atoms with Gasteiger partial charge in [0, 0.05) is 35.5 Å². The molecule has 0 saturated heterocycles. The average molecular weight is 502 g/mol. The monoisotopic (exact) mass is 501 g/mol. The number of para-hydroxylation sites is 4. The van der Waals surface area contributed by atoms with Crippen LogP contribution in [-0.4, -0.2) is 23.6 Å². The fraction of sp³-hybridized carbons (Fsp3) is 0.0690. The van der Waals surface area contributed by atoms with Crippen LogP contribution in [-0.2, 0) is 0 Å². The van der Waals surface area contributed by atoms with Gasteiger partial charge in [0.15, 0.2) is 0 Å². The number of carbonyl (C=O) groups excluding carboxylic acids is 1. The lowest BCUT2D eigenvalue weighted by Gasteiger charge is -2.25. The van der Waals surface area contributed by atoms with Gasteiger partial charge in [0.2, 0.25) is 0 Å². The highest BCUT2D eigenvalue weighted by atomic mass is 35.5. The van der Waals surface area contributed by atoms with Gasteiger partial charge in [0.1, 0.15) is 5.15 Å². The third kappa shape index (κ3) is 5.04. The van der Waals surface area contributed by atoms with Crippen molar-refractivity contribution in [3.8, 4) is 5.69 Å². The number of benzene rings is 4. The van der Waals surface area contributed by atoms with Crippen molar-refractivity contribution in [3.05, 3.63) is 126 Å². The van der Waals surface area contributed by atoms with Crippen molar-refractivity contribution in [3.63, 3.8) is 0 Å². The summed E-state index contributed by atoms with van der Waals surface area (Å²) >= 11 is 6.81. The zero-order valence-corrected chi connectivity index (χ0v) is 20.5. The Morgan fingerprint density at radius 2 is 1.26 bits per heavy atom. The molecular weight excluding hydrogens is 477 g/mol. The molecule has 1 amide bonds. The first-order valence-corrected chi connectivity index (χ1v) is 11.6. The molecule has 5 aromatic rings. The highest BCUT2D eigenvalue weighted by molar-refractivity contribution is 6.36. The van der Waals surface area contributed by atoms with Crippen LogP contribution in [0.1, 0.15) is 10.4 Å². The van der Waals surface area contributed by atoms with Crippen LogP contribution in [0, 0.1) is 0 Å². The molecule has 1 heterocycles. The van der Waals surface area contributed by atoms with Gasteiger partial charge < -0.3 is 10.2 Å². The molecular formula is C29H25Cl2N3O. The number of fused-ring (bicyclic) bond motifs is 1. The van der Waals surface area contributed by atoms with Crippen LogP contribution in [0.25, 0.3) is 16.6 Å². The predicted octanol–water partition coefficient (Wildman–Crippen LogP) is 7.27. The minimum Gasteiger partial charge on any atom is -0.350 e. The summed E-state index contributed by atoms with van der Waals surface area (Å²) in [6.45, 7) is 1.08. The summed E-state index contributed by atoms with van der Waals surface area (Å²) < 4.78 is 1.92. The van der Waals surface area contributed by atoms with Gasteiger partial charge in [0.25, 0.3) is 5.91 Å². The molecule has 0 fully saturated rings. The van der Waals surface area contributed by atoms with Crippen LogP contribution in [0.2, 0.25) is 5.15 Å². The number of amides is 1. The van der Waals surface area contributed by atoms with Crippen LogP contribution in [0.15, 0.2) is 115 Å². The van der Waals surface area contributed by atoms with Gasteiger partial charge in [0.05, 0.1) is 11.1 Å². The van der Waals surface area contributed by atoms with Crippen LogP contribution < -0.4 is 10.2 Å². The second-order valence-corrected chi connectivity index (χ2v) is 8.29. The van der Waals surface area contributed by atoms with Crippen molar-refractivity contribution in [2.24, 2.45) is 0 Å². The molecule has 0 bridgehead atoms. The van der Waals surface area contributed by atoms with Crippen LogP contribution in [0.5, 0.6) is 0 Å². The van der Waals surface area contributed by atoms with E-state index in [-0.39, 0.29) is 18.3 Å². The van der Waals surface area contributed by atoms with E-state index in [2.05, 4.69) is 34.5 Å². The molecule has 0 atom stereocenters. The Hall–Kier alpha value is -3.73. The molecule has 1 N–H and O–H groups in total. The first-order valence-electron chi connectivity index (χ1n) is 11.2. The van der Waals surface area contributed by atoms with Crippen LogP contribution >= 0.6 is 24.0 Å². The first-order chi connectivity index (χ1) is 16.7. The van der Waals surface area contributed by atoms with E-state index in [9.17, 15) is 4.79 Å². The van der Waals surface area contributed by atoms with Crippen molar-refractivity contribution in [2.75, 3.05) is 18.0 Å². The molecule has 4 nitrogen and oxygen atoms in total. The third-order valence-corrected chi connectivity index (χ3v) is 6.17. The number of anilines is 2. The van der Waals surface area contributed by atoms with Gasteiger partial charge in [-0.15, -0.1) is 12.4 Å². The van der Waals surface area contributed by atoms with Crippen molar-refractivity contribution in [1.82, 2.24) is 9.88 Å². The fourth-order valence-corrected chi connectivity index (χ4v) is 4.62. The average Bonchev–Trinajstić information content (AvgIpc) is 3.19. The quantitative estimate of drug-likeness (QED) is 0.254. The number of carbonyl (C=O) groups is 1. The minimum atomic E-state index is -0.183. The van der Waals surface area contributed by atoms with Crippen LogP contribution in [0.3, 0.4) is 0 Å². The van der Waals surface area contributed by atoms with E-state index in [1.807, 2.05) is 95.6 Å². The Balaban J connectivity index is 0.00000289. The molecule has 0 saturated carbocycles. The molecule has 0 aliphatic carbocycles. The maximum absolute atomic E-state index is 13.4. The summed E-state index contributed by atoms with van der Waals surface area (Å²) in [7, 11) is 0. The number of nitrogens with zero attached hydrogens (tertiary/aromatic N) is 2. The molecule has 6 heteroatoms. The van der Waals surface area contributed by atoms with E-state index in [1.54, 1.807) is 0 Å². The predicted molar refractivity (Wildman–Crippen MR) is 148 cm³/mol. The van der Waals surface area contributed by atoms with Crippen LogP contribution in [0.4, 0.5) is 11.4 Å². The van der Waals surface area contributed by atoms with E-state index in [0.717, 1.165) is 28.0 Å². The van der Waals surface area contributed by atoms with E-state index in [4.69, 9.17) is 11.6 Å². The lowest BCUT2D eigenvalue weighted by molar-refractivity contribution is 0.0956. The minimum absolute atomic E-state index is 0. The summed E-state index contributed by atoms with van der Waals surface area (Å²) in [6.07, 6.45) is 0. The molecule has 0 aliphatic rings. The molecule has 0 radical (unpaired) electrons. The van der Waals surface area contributed by atoms with Gasteiger partial charge in [-0.1, -0.05) is 84.4 Å². The van der Waals surface area contributed by atoms with Gasteiger partial charge in [-0.25, -0.2) is 0 Å². The maximum atomic E-state index is 13.4. The van der Waals surface area contributed by atoms with Gasteiger partial charge in [-0.3, -0.25) is 9.36 Å². The summed E-state index contributed by atoms with van der Waals surface area (Å²) in [4.78, 5) is 15.5. The van der Waals surface area contributed by atoms with E-state index < -0.39 is 0 Å². The largest absolute Gasteiger partial charge is 0.350 e. The highest BCUT2D eigenvalue weighted by Crippen LogP contribution is 2.33. The standard InChI is InChI=1S/C29H24ClN3O.ClH/c30-28-27(25-18-10-11-19-26(25)33(28)24-16-8-3-9-17-24)29(34)31-20-21-32(22-12-4-1-5-13-22)23-14-6-2-7-15-23;/h1-19H,20-21H2,(H,31,34);1H. The summed E-state index contributed by atoms with van der Waals surface area (Å²) in [5, 5.41) is 4.33. The molecule has 35 heavy (non-hydrogen) atoms. The van der Waals surface area contributed by atoms with Gasteiger partial charge in [-0.05, 0) is 42.5 Å². The number of nitrogens with one attached hydrogen (secondary N) is 1. The van der Waals surface area contributed by atoms with Gasteiger partial charge in [-0.2, -0.15) is 0 Å². The van der Waals surface area contributed by atoms with E-state index in [0.29, 0.717) is 23.8 Å². The maximum Gasteiger partial charge on any atom is 0.255 e. The van der Waals surface area contributed by atoms with E-state index >= 15 is 0 Å². The second kappa shape index (κ2) is 11.1. The second-order valence-electron chi connectivity index (χ2n) is 7.93. The summed E-state index contributed by atoms with van der Waals surface area (Å²) in [5.74, 6) is -0.183. The number of hydrogen-bond donors (Lipinski definition) is 1. The topological polar surface area (TPSA) is 37.3 Å². The first kappa shape index (κ1) is 24.4. The summed E-state index contributed by atoms with van der Waals surface area (Å²) in [6, 6.07) is 38.0. The molecule has 4 aromatic carbocycles. The van der Waals surface area contributed by atoms with Crippen molar-refractivity contribution in [2.45, 2.75) is 0 Å². The normalized spacial score (nSPS) is 10.5. The zero-order valence-electron chi connectivity index (χ0n) is 19.0. The molecule has 0 spiro atoms. The fourth-order valence-electron chi connectivity index (χ4n) is 4.25. The Morgan fingerprint density at radius 3 is 1.86 bits per heavy atom. The van der Waals surface area contributed by atoms with Crippen molar-refractivity contribution >= 4 is 52.2 Å². The van der Waals surface area contributed by atoms with Gasteiger partial charge >= 0.3 is 0 Å². The number of aromatic nitrogens is 1. The third-order valence-electron chi connectivity index (χ3n) is 5.82. The lowest BCUT2D eigenvalue weighted by atomic mass is 10.1. The summed E-state index contributed by atoms with van der Waals surface area (Å²) in [5.41, 5.74) is 4.46. The number of halogens is 2. The highest BCUT2D eigenvalue weighted by Gasteiger charge is 2.22. The molecule has 0 unspecified atom stereocenters. The Kier molecular flexibility index (Phi) is 7.76. The lowest BCUT2D eigenvalue weighted by Crippen LogP contribution is -2.32. The molecule has 176 valence electrons. The van der Waals surface area contributed by atoms with Crippen molar-refractivity contribution in [1.29, 1.82) is 0 Å². The number of hydrogen-bond acceptors (Lipinski definition) is 2. The SMILES string of the molecule is Cl.O=C(NCCN(c1ccccc1)c1ccccc1)c1c(Cl)n(-c2ccccc2)c2ccccc12. The van der Waals surface area contributed by atoms with E-state index in [1.165, 1.54) is 0 Å². The number of rotatable bonds is 7. The molecule has 5 rings (SSSR count). The Labute approximate surface area is 216 Å². The zero-order chi connectivity index (χ0) is 23.3. The molecule has 1 aromatic heterocycles. The Bertz CT molecular complexity index is 1360. The Morgan fingerprint density at radius 1 is 0.743 bits per heavy atom. The van der Waals surface area contributed by atoms with Crippen molar-refractivity contribution < 1.29 is 4.79 Å².